The first kappa shape index (κ1) is 17.3. The number of furan rings is 1. The Hall–Kier alpha value is -3.13. The predicted octanol–water partition coefficient (Wildman–Crippen LogP) is 2.21. The first-order valence-electron chi connectivity index (χ1n) is 8.81. The maximum Gasteiger partial charge on any atom is 0.291 e. The smallest absolute Gasteiger partial charge is 0.291 e. The highest BCUT2D eigenvalue weighted by Crippen LogP contribution is 2.20. The second-order valence-corrected chi connectivity index (χ2v) is 6.44. The summed E-state index contributed by atoms with van der Waals surface area (Å²) < 4.78 is 12.4. The van der Waals surface area contributed by atoms with E-state index in [0.29, 0.717) is 18.8 Å². The van der Waals surface area contributed by atoms with Crippen LogP contribution in [0.1, 0.15) is 29.2 Å². The fraction of sp³-hybridized carbons (Fsp3) is 0.316. The Labute approximate surface area is 155 Å². The molecule has 3 aromatic rings. The number of amides is 2. The second-order valence-electron chi connectivity index (χ2n) is 6.44. The van der Waals surface area contributed by atoms with E-state index in [1.165, 1.54) is 6.26 Å². The zero-order chi connectivity index (χ0) is 18.8. The summed E-state index contributed by atoms with van der Waals surface area (Å²) in [5.41, 5.74) is 2.26. The fourth-order valence-electron chi connectivity index (χ4n) is 3.15. The largest absolute Gasteiger partial charge is 0.459 e. The molecule has 4 rings (SSSR count). The summed E-state index contributed by atoms with van der Waals surface area (Å²) in [4.78, 5) is 28.8. The highest BCUT2D eigenvalue weighted by atomic mass is 16.5. The number of nitrogens with one attached hydrogen (secondary N) is 2. The van der Waals surface area contributed by atoms with Crippen molar-refractivity contribution in [1.29, 1.82) is 0 Å². The molecular weight excluding hydrogens is 348 g/mol. The van der Waals surface area contributed by atoms with Gasteiger partial charge in [0.05, 0.1) is 23.8 Å². The molecule has 2 amide bonds. The lowest BCUT2D eigenvalue weighted by Crippen LogP contribution is -2.34. The number of carbonyl (C=O) groups is 2. The Morgan fingerprint density at radius 3 is 2.96 bits per heavy atom. The molecule has 1 aromatic carbocycles. The van der Waals surface area contributed by atoms with Crippen LogP contribution in [-0.4, -0.2) is 34.1 Å². The van der Waals surface area contributed by atoms with Crippen LogP contribution >= 0.6 is 0 Å². The number of hydrogen-bond donors (Lipinski definition) is 2. The Kier molecular flexibility index (Phi) is 4.64. The summed E-state index contributed by atoms with van der Waals surface area (Å²) in [7, 11) is 1.89. The van der Waals surface area contributed by atoms with Crippen LogP contribution in [0.4, 0.5) is 5.69 Å². The molecule has 1 aliphatic rings. The molecule has 1 unspecified atom stereocenters. The number of aryl methyl sites for hydroxylation is 1. The van der Waals surface area contributed by atoms with Crippen LogP contribution in [0.3, 0.4) is 0 Å². The van der Waals surface area contributed by atoms with Gasteiger partial charge in [0.25, 0.3) is 5.91 Å². The van der Waals surface area contributed by atoms with Crippen molar-refractivity contribution in [2.75, 3.05) is 11.9 Å². The van der Waals surface area contributed by atoms with Gasteiger partial charge in [-0.3, -0.25) is 9.59 Å². The average Bonchev–Trinajstić information content (AvgIpc) is 3.42. The van der Waals surface area contributed by atoms with Crippen LogP contribution in [0.15, 0.2) is 41.0 Å². The predicted molar refractivity (Wildman–Crippen MR) is 98.2 cm³/mol. The maximum atomic E-state index is 12.1. The van der Waals surface area contributed by atoms with Gasteiger partial charge in [0.2, 0.25) is 5.91 Å². The van der Waals surface area contributed by atoms with Gasteiger partial charge in [-0.05, 0) is 43.2 Å². The van der Waals surface area contributed by atoms with E-state index in [1.807, 2.05) is 17.7 Å². The summed E-state index contributed by atoms with van der Waals surface area (Å²) in [6.45, 7) is 0.953. The van der Waals surface area contributed by atoms with Crippen molar-refractivity contribution in [3.05, 3.63) is 48.2 Å². The van der Waals surface area contributed by atoms with Crippen LogP contribution in [-0.2, 0) is 23.1 Å². The summed E-state index contributed by atoms with van der Waals surface area (Å²) >= 11 is 0. The second kappa shape index (κ2) is 7.24. The third-order valence-corrected chi connectivity index (χ3v) is 4.62. The van der Waals surface area contributed by atoms with E-state index in [1.54, 1.807) is 24.3 Å². The molecule has 2 aromatic heterocycles. The van der Waals surface area contributed by atoms with Crippen molar-refractivity contribution < 1.29 is 18.7 Å². The van der Waals surface area contributed by atoms with E-state index in [0.717, 1.165) is 29.7 Å². The molecule has 0 radical (unpaired) electrons. The quantitative estimate of drug-likeness (QED) is 0.719. The molecule has 3 heterocycles. The highest BCUT2D eigenvalue weighted by molar-refractivity contribution is 6.03. The van der Waals surface area contributed by atoms with Crippen LogP contribution < -0.4 is 10.6 Å². The minimum absolute atomic E-state index is 0.106. The van der Waals surface area contributed by atoms with Crippen LogP contribution in [0.25, 0.3) is 11.0 Å². The van der Waals surface area contributed by atoms with Crippen molar-refractivity contribution in [2.24, 2.45) is 7.05 Å². The Morgan fingerprint density at radius 2 is 2.22 bits per heavy atom. The van der Waals surface area contributed by atoms with Crippen LogP contribution in [0.2, 0.25) is 0 Å². The van der Waals surface area contributed by atoms with Gasteiger partial charge < -0.3 is 24.4 Å². The number of hydrogen-bond acceptors (Lipinski definition) is 5. The van der Waals surface area contributed by atoms with E-state index in [4.69, 9.17) is 9.15 Å². The maximum absolute atomic E-state index is 12.1. The van der Waals surface area contributed by atoms with Gasteiger partial charge >= 0.3 is 0 Å². The Balaban J connectivity index is 1.47. The van der Waals surface area contributed by atoms with Crippen molar-refractivity contribution in [2.45, 2.75) is 25.5 Å². The third-order valence-electron chi connectivity index (χ3n) is 4.62. The number of rotatable bonds is 5. The normalized spacial score (nSPS) is 16.6. The minimum Gasteiger partial charge on any atom is -0.459 e. The van der Waals surface area contributed by atoms with Gasteiger partial charge in [-0.15, -0.1) is 0 Å². The van der Waals surface area contributed by atoms with Crippen molar-refractivity contribution in [3.63, 3.8) is 0 Å². The summed E-state index contributed by atoms with van der Waals surface area (Å²) in [6, 6.07) is 8.74. The number of benzene rings is 1. The summed E-state index contributed by atoms with van der Waals surface area (Å²) in [6.07, 6.45) is 2.76. The van der Waals surface area contributed by atoms with Crippen molar-refractivity contribution >= 4 is 28.5 Å². The average molecular weight is 368 g/mol. The van der Waals surface area contributed by atoms with Gasteiger partial charge in [0.1, 0.15) is 11.9 Å². The fourth-order valence-corrected chi connectivity index (χ4v) is 3.15. The summed E-state index contributed by atoms with van der Waals surface area (Å²) in [5, 5.41) is 5.66. The molecule has 1 saturated heterocycles. The molecule has 8 nitrogen and oxygen atoms in total. The number of nitrogens with zero attached hydrogens (tertiary/aromatic N) is 2. The zero-order valence-corrected chi connectivity index (χ0v) is 14.9. The molecule has 140 valence electrons. The standard InChI is InChI=1S/C19H20N4O4/c1-23-14-7-6-12(21-19(25)16-5-3-9-27-16)10-13(14)22-17(23)11-20-18(24)15-4-2-8-26-15/h3,5-7,9-10,15H,2,4,8,11H2,1H3,(H,20,24)(H,21,25). The van der Waals surface area contributed by atoms with Crippen LogP contribution in [0.5, 0.6) is 0 Å². The molecule has 0 spiro atoms. The van der Waals surface area contributed by atoms with Crippen molar-refractivity contribution in [1.82, 2.24) is 14.9 Å². The number of carbonyl (C=O) groups excluding carboxylic acids is 2. The van der Waals surface area contributed by atoms with Gasteiger partial charge in [0.15, 0.2) is 5.76 Å². The molecule has 0 aliphatic carbocycles. The Morgan fingerprint density at radius 1 is 1.33 bits per heavy atom. The van der Waals surface area contributed by atoms with Gasteiger partial charge in [-0.1, -0.05) is 0 Å². The topological polar surface area (TPSA) is 98.4 Å². The molecule has 0 saturated carbocycles. The van der Waals surface area contributed by atoms with Crippen LogP contribution in [0, 0.1) is 0 Å². The molecule has 2 N–H and O–H groups in total. The first-order chi connectivity index (χ1) is 13.1. The van der Waals surface area contributed by atoms with E-state index >= 15 is 0 Å². The number of anilines is 1. The van der Waals surface area contributed by atoms with E-state index < -0.39 is 0 Å². The van der Waals surface area contributed by atoms with Gasteiger partial charge in [-0.25, -0.2) is 4.98 Å². The van der Waals surface area contributed by atoms with Crippen molar-refractivity contribution in [3.8, 4) is 0 Å². The van der Waals surface area contributed by atoms with Gasteiger partial charge in [0, 0.05) is 19.3 Å². The molecule has 1 atom stereocenters. The summed E-state index contributed by atoms with van der Waals surface area (Å²) in [5.74, 6) is 0.546. The number of aromatic nitrogens is 2. The lowest BCUT2D eigenvalue weighted by atomic mass is 10.2. The first-order valence-corrected chi connectivity index (χ1v) is 8.81. The lowest BCUT2D eigenvalue weighted by Gasteiger charge is -2.10. The highest BCUT2D eigenvalue weighted by Gasteiger charge is 2.23. The van der Waals surface area contributed by atoms with Gasteiger partial charge in [-0.2, -0.15) is 0 Å². The third kappa shape index (κ3) is 3.56. The lowest BCUT2D eigenvalue weighted by molar-refractivity contribution is -0.130. The molecule has 1 fully saturated rings. The number of imidazole rings is 1. The zero-order valence-electron chi connectivity index (χ0n) is 14.9. The molecule has 8 heteroatoms. The molecule has 1 aliphatic heterocycles. The monoisotopic (exact) mass is 368 g/mol. The molecule has 0 bridgehead atoms. The van der Waals surface area contributed by atoms with E-state index in [2.05, 4.69) is 15.6 Å². The minimum atomic E-state index is -0.358. The molecular formula is C19H20N4O4. The molecule has 27 heavy (non-hydrogen) atoms. The van der Waals surface area contributed by atoms with E-state index in [9.17, 15) is 9.59 Å². The number of fused-ring (bicyclic) bond motifs is 1. The van der Waals surface area contributed by atoms with E-state index in [-0.39, 0.29) is 23.7 Å². The number of ether oxygens (including phenoxy) is 1. The Bertz CT molecular complexity index is 971. The SMILES string of the molecule is Cn1c(CNC(=O)C2CCCO2)nc2cc(NC(=O)c3ccco3)ccc21.